The van der Waals surface area contributed by atoms with Gasteiger partial charge in [0, 0.05) is 13.8 Å². The topological polar surface area (TPSA) is 97.4 Å². The molecule has 0 aromatic carbocycles. The maximum Gasteiger partial charge on any atom is 0.337 e. The highest BCUT2D eigenvalue weighted by molar-refractivity contribution is 5.89. The molecule has 0 heterocycles. The molecule has 0 saturated carbocycles. The first-order valence-corrected chi connectivity index (χ1v) is 9.24. The van der Waals surface area contributed by atoms with Gasteiger partial charge in [-0.25, -0.2) is 4.79 Å². The Balaban J connectivity index is 3.61. The SMILES string of the molecule is C=C(OCOCCCCCCOC(=O)C(=C)C(C)OC(C)=O)C(C)OC(C)=O. The van der Waals surface area contributed by atoms with Crippen LogP contribution in [-0.2, 0) is 38.1 Å². The van der Waals surface area contributed by atoms with E-state index in [1.165, 1.54) is 13.8 Å². The van der Waals surface area contributed by atoms with Crippen LogP contribution in [0.2, 0.25) is 0 Å². The van der Waals surface area contributed by atoms with Crippen molar-refractivity contribution in [3.63, 3.8) is 0 Å². The highest BCUT2D eigenvalue weighted by Crippen LogP contribution is 2.09. The highest BCUT2D eigenvalue weighted by Gasteiger charge is 2.18. The monoisotopic (exact) mass is 400 g/mol. The zero-order valence-electron chi connectivity index (χ0n) is 17.3. The zero-order chi connectivity index (χ0) is 21.5. The Bertz CT molecular complexity index is 540. The smallest absolute Gasteiger partial charge is 0.337 e. The van der Waals surface area contributed by atoms with Crippen LogP contribution in [0.15, 0.2) is 24.5 Å². The van der Waals surface area contributed by atoms with E-state index in [4.69, 9.17) is 23.7 Å². The van der Waals surface area contributed by atoms with Gasteiger partial charge in [-0.15, -0.1) is 0 Å². The van der Waals surface area contributed by atoms with Gasteiger partial charge in [-0.2, -0.15) is 0 Å². The van der Waals surface area contributed by atoms with Crippen LogP contribution in [0.25, 0.3) is 0 Å². The number of rotatable bonds is 15. The van der Waals surface area contributed by atoms with Crippen molar-refractivity contribution in [2.45, 2.75) is 65.6 Å². The third-order valence-corrected chi connectivity index (χ3v) is 3.64. The summed E-state index contributed by atoms with van der Waals surface area (Å²) in [4.78, 5) is 33.4. The fourth-order valence-corrected chi connectivity index (χ4v) is 2.01. The van der Waals surface area contributed by atoms with E-state index < -0.39 is 30.1 Å². The second-order valence-electron chi connectivity index (χ2n) is 6.22. The van der Waals surface area contributed by atoms with Crippen molar-refractivity contribution in [2.75, 3.05) is 20.0 Å². The van der Waals surface area contributed by atoms with Crippen molar-refractivity contribution in [3.05, 3.63) is 24.5 Å². The third-order valence-electron chi connectivity index (χ3n) is 3.64. The second kappa shape index (κ2) is 14.7. The molecule has 2 unspecified atom stereocenters. The molecule has 0 aromatic heterocycles. The van der Waals surface area contributed by atoms with Crippen molar-refractivity contribution in [2.24, 2.45) is 0 Å². The van der Waals surface area contributed by atoms with Crippen molar-refractivity contribution >= 4 is 17.9 Å². The average Bonchev–Trinajstić information content (AvgIpc) is 2.60. The van der Waals surface area contributed by atoms with Gasteiger partial charge in [0.1, 0.15) is 11.9 Å². The summed E-state index contributed by atoms with van der Waals surface area (Å²) >= 11 is 0. The molecule has 0 amide bonds. The van der Waals surface area contributed by atoms with Crippen LogP contribution in [0.4, 0.5) is 0 Å². The summed E-state index contributed by atoms with van der Waals surface area (Å²) in [7, 11) is 0. The minimum atomic E-state index is -0.697. The first-order chi connectivity index (χ1) is 13.1. The van der Waals surface area contributed by atoms with Gasteiger partial charge in [-0.1, -0.05) is 19.6 Å². The van der Waals surface area contributed by atoms with E-state index in [0.717, 1.165) is 19.3 Å². The molecule has 0 aliphatic carbocycles. The second-order valence-corrected chi connectivity index (χ2v) is 6.22. The fourth-order valence-electron chi connectivity index (χ4n) is 2.01. The standard InChI is InChI=1S/C20H32O8/c1-14(15(2)27-18(5)21)20(23)25-12-10-8-7-9-11-24-13-26-16(3)17(4)28-19(6)22/h15,17H,1,3,7-13H2,2,4-6H3. The summed E-state index contributed by atoms with van der Waals surface area (Å²) in [5.41, 5.74) is 0.119. The maximum atomic E-state index is 11.8. The Hall–Kier alpha value is -2.35. The molecule has 0 saturated heterocycles. The molecule has 0 aromatic rings. The van der Waals surface area contributed by atoms with E-state index in [2.05, 4.69) is 13.2 Å². The summed E-state index contributed by atoms with van der Waals surface area (Å²) in [5.74, 6) is -1.09. The number of hydrogen-bond acceptors (Lipinski definition) is 8. The van der Waals surface area contributed by atoms with Gasteiger partial charge in [0.2, 0.25) is 0 Å². The van der Waals surface area contributed by atoms with E-state index in [1.807, 2.05) is 0 Å². The van der Waals surface area contributed by atoms with Crippen LogP contribution in [0.1, 0.15) is 53.4 Å². The number of carbonyl (C=O) groups is 3. The van der Waals surface area contributed by atoms with E-state index in [9.17, 15) is 14.4 Å². The van der Waals surface area contributed by atoms with Crippen LogP contribution in [0.3, 0.4) is 0 Å². The lowest BCUT2D eigenvalue weighted by atomic mass is 10.2. The Morgan fingerprint density at radius 2 is 1.32 bits per heavy atom. The molecule has 2 atom stereocenters. The lowest BCUT2D eigenvalue weighted by Crippen LogP contribution is -2.22. The van der Waals surface area contributed by atoms with Gasteiger partial charge >= 0.3 is 17.9 Å². The molecule has 0 fully saturated rings. The highest BCUT2D eigenvalue weighted by atomic mass is 16.7. The molecule has 0 bridgehead atoms. The molecule has 160 valence electrons. The van der Waals surface area contributed by atoms with Crippen LogP contribution in [0, 0.1) is 0 Å². The molecule has 0 N–H and O–H groups in total. The Morgan fingerprint density at radius 3 is 1.89 bits per heavy atom. The van der Waals surface area contributed by atoms with Gasteiger partial charge in [-0.3, -0.25) is 9.59 Å². The van der Waals surface area contributed by atoms with Gasteiger partial charge in [0.25, 0.3) is 0 Å². The van der Waals surface area contributed by atoms with Gasteiger partial charge in [0.15, 0.2) is 12.9 Å². The maximum absolute atomic E-state index is 11.8. The summed E-state index contributed by atoms with van der Waals surface area (Å²) in [5, 5.41) is 0. The molecule has 0 aliphatic heterocycles. The van der Waals surface area contributed by atoms with E-state index in [1.54, 1.807) is 13.8 Å². The average molecular weight is 400 g/mol. The summed E-state index contributed by atoms with van der Waals surface area (Å²) in [6.07, 6.45) is 2.12. The lowest BCUT2D eigenvalue weighted by molar-refractivity contribution is -0.148. The van der Waals surface area contributed by atoms with Gasteiger partial charge < -0.3 is 23.7 Å². The van der Waals surface area contributed by atoms with E-state index >= 15 is 0 Å². The van der Waals surface area contributed by atoms with Crippen molar-refractivity contribution in [1.82, 2.24) is 0 Å². The molecule has 28 heavy (non-hydrogen) atoms. The quantitative estimate of drug-likeness (QED) is 0.103. The Morgan fingerprint density at radius 1 is 0.786 bits per heavy atom. The predicted octanol–water partition coefficient (Wildman–Crippen LogP) is 3.05. The van der Waals surface area contributed by atoms with Crippen LogP contribution in [0.5, 0.6) is 0 Å². The number of ether oxygens (including phenoxy) is 5. The molecular weight excluding hydrogens is 368 g/mol. The summed E-state index contributed by atoms with van der Waals surface area (Å²) < 4.78 is 25.5. The Labute approximate surface area is 166 Å². The summed E-state index contributed by atoms with van der Waals surface area (Å²) in [6.45, 7) is 13.9. The molecule has 0 aliphatic rings. The molecule has 8 nitrogen and oxygen atoms in total. The molecule has 0 radical (unpaired) electrons. The normalized spacial score (nSPS) is 12.4. The minimum Gasteiger partial charge on any atom is -0.469 e. The molecule has 0 spiro atoms. The Kier molecular flexibility index (Phi) is 13.4. The number of hydrogen-bond donors (Lipinski definition) is 0. The van der Waals surface area contributed by atoms with Crippen LogP contribution < -0.4 is 0 Å². The first kappa shape index (κ1) is 25.6. The van der Waals surface area contributed by atoms with Gasteiger partial charge in [0.05, 0.1) is 18.8 Å². The number of unbranched alkanes of at least 4 members (excludes halogenated alkanes) is 3. The van der Waals surface area contributed by atoms with E-state index in [0.29, 0.717) is 18.8 Å². The largest absolute Gasteiger partial charge is 0.469 e. The minimum absolute atomic E-state index is 0.0463. The first-order valence-electron chi connectivity index (χ1n) is 9.24. The van der Waals surface area contributed by atoms with Gasteiger partial charge in [-0.05, 0) is 33.1 Å². The molecule has 0 rings (SSSR count). The van der Waals surface area contributed by atoms with E-state index in [-0.39, 0.29) is 19.0 Å². The van der Waals surface area contributed by atoms with Crippen molar-refractivity contribution in [3.8, 4) is 0 Å². The zero-order valence-corrected chi connectivity index (χ0v) is 17.3. The third kappa shape index (κ3) is 12.9. The molecular formula is C20H32O8. The summed E-state index contributed by atoms with van der Waals surface area (Å²) in [6, 6.07) is 0. The van der Waals surface area contributed by atoms with Crippen LogP contribution in [-0.4, -0.2) is 50.1 Å². The van der Waals surface area contributed by atoms with Crippen molar-refractivity contribution in [1.29, 1.82) is 0 Å². The van der Waals surface area contributed by atoms with Crippen LogP contribution >= 0.6 is 0 Å². The number of carbonyl (C=O) groups excluding carboxylic acids is 3. The predicted molar refractivity (Wildman–Crippen MR) is 102 cm³/mol. The number of esters is 3. The molecule has 8 heteroatoms. The lowest BCUT2D eigenvalue weighted by Gasteiger charge is -2.15. The van der Waals surface area contributed by atoms with Crippen molar-refractivity contribution < 1.29 is 38.1 Å². The fraction of sp³-hybridized carbons (Fsp3) is 0.650.